The van der Waals surface area contributed by atoms with Gasteiger partial charge in [-0.05, 0) is 66.2 Å². The number of halogens is 2. The van der Waals surface area contributed by atoms with Crippen LogP contribution in [0.15, 0.2) is 72.8 Å². The highest BCUT2D eigenvalue weighted by molar-refractivity contribution is 6.35. The van der Waals surface area contributed by atoms with Gasteiger partial charge < -0.3 is 9.47 Å². The minimum Gasteiger partial charge on any atom is -0.496 e. The highest BCUT2D eigenvalue weighted by atomic mass is 35.5. The molecule has 0 aliphatic heterocycles. The van der Waals surface area contributed by atoms with E-state index in [1.807, 2.05) is 0 Å². The lowest BCUT2D eigenvalue weighted by molar-refractivity contribution is 0.0731. The summed E-state index contributed by atoms with van der Waals surface area (Å²) in [5.74, 6) is -0.00472. The van der Waals surface area contributed by atoms with Crippen molar-refractivity contribution < 1.29 is 19.1 Å². The van der Waals surface area contributed by atoms with Crippen LogP contribution in [0.25, 0.3) is 6.08 Å². The number of esters is 1. The van der Waals surface area contributed by atoms with Gasteiger partial charge in [0.1, 0.15) is 17.1 Å². The SMILES string of the molecule is COc1ccccc1C(=O)Oc1ccc(C(=O)C=Cc2ccc(Cl)cc2Cl)cc1. The molecular formula is C23H16Cl2O4. The monoisotopic (exact) mass is 426 g/mol. The molecule has 0 saturated heterocycles. The Labute approximate surface area is 178 Å². The van der Waals surface area contributed by atoms with Gasteiger partial charge in [-0.1, -0.05) is 41.4 Å². The smallest absolute Gasteiger partial charge is 0.347 e. The second-order valence-electron chi connectivity index (χ2n) is 5.98. The van der Waals surface area contributed by atoms with Gasteiger partial charge in [0.2, 0.25) is 0 Å². The Kier molecular flexibility index (Phi) is 6.70. The second-order valence-corrected chi connectivity index (χ2v) is 6.82. The molecule has 3 aromatic carbocycles. The summed E-state index contributed by atoms with van der Waals surface area (Å²) in [5.41, 5.74) is 1.45. The quantitative estimate of drug-likeness (QED) is 0.206. The summed E-state index contributed by atoms with van der Waals surface area (Å²) in [7, 11) is 1.48. The van der Waals surface area contributed by atoms with Gasteiger partial charge in [0, 0.05) is 15.6 Å². The molecule has 0 radical (unpaired) electrons. The van der Waals surface area contributed by atoms with Crippen LogP contribution in [0.5, 0.6) is 11.5 Å². The van der Waals surface area contributed by atoms with Crippen LogP contribution in [0.4, 0.5) is 0 Å². The van der Waals surface area contributed by atoms with Crippen LogP contribution in [-0.4, -0.2) is 18.9 Å². The van der Waals surface area contributed by atoms with Gasteiger partial charge in [-0.15, -0.1) is 0 Å². The van der Waals surface area contributed by atoms with E-state index in [2.05, 4.69) is 0 Å². The van der Waals surface area contributed by atoms with Gasteiger partial charge in [0.15, 0.2) is 5.78 Å². The van der Waals surface area contributed by atoms with E-state index in [9.17, 15) is 9.59 Å². The first-order valence-electron chi connectivity index (χ1n) is 8.60. The minimum absolute atomic E-state index is 0.210. The number of benzene rings is 3. The van der Waals surface area contributed by atoms with Gasteiger partial charge in [-0.2, -0.15) is 0 Å². The van der Waals surface area contributed by atoms with Crippen molar-refractivity contribution in [1.29, 1.82) is 0 Å². The molecular weight excluding hydrogens is 411 g/mol. The van der Waals surface area contributed by atoms with E-state index in [1.54, 1.807) is 72.8 Å². The predicted molar refractivity (Wildman–Crippen MR) is 114 cm³/mol. The molecule has 3 rings (SSSR count). The largest absolute Gasteiger partial charge is 0.496 e. The van der Waals surface area contributed by atoms with E-state index in [1.165, 1.54) is 13.2 Å². The summed E-state index contributed by atoms with van der Waals surface area (Å²) in [5, 5.41) is 0.983. The van der Waals surface area contributed by atoms with Crippen LogP contribution in [0.3, 0.4) is 0 Å². The summed E-state index contributed by atoms with van der Waals surface area (Å²) >= 11 is 12.0. The van der Waals surface area contributed by atoms with Gasteiger partial charge in [-0.25, -0.2) is 4.79 Å². The molecule has 6 heteroatoms. The molecule has 0 N–H and O–H groups in total. The predicted octanol–water partition coefficient (Wildman–Crippen LogP) is 6.12. The molecule has 0 bridgehead atoms. The molecule has 0 amide bonds. The molecule has 29 heavy (non-hydrogen) atoms. The van der Waals surface area contributed by atoms with E-state index in [-0.39, 0.29) is 5.78 Å². The zero-order valence-corrected chi connectivity index (χ0v) is 16.9. The molecule has 0 aromatic heterocycles. The third-order valence-corrected chi connectivity index (χ3v) is 4.62. The highest BCUT2D eigenvalue weighted by Gasteiger charge is 2.14. The molecule has 0 heterocycles. The molecule has 0 aliphatic rings. The van der Waals surface area contributed by atoms with Gasteiger partial charge in [-0.3, -0.25) is 4.79 Å². The Bertz CT molecular complexity index is 1070. The number of carbonyl (C=O) groups is 2. The lowest BCUT2D eigenvalue weighted by atomic mass is 10.1. The first kappa shape index (κ1) is 20.6. The van der Waals surface area contributed by atoms with Crippen molar-refractivity contribution in [3.8, 4) is 11.5 Å². The Hall–Kier alpha value is -3.08. The summed E-state index contributed by atoms with van der Waals surface area (Å²) < 4.78 is 10.5. The summed E-state index contributed by atoms with van der Waals surface area (Å²) in [6.07, 6.45) is 3.04. The average Bonchev–Trinajstić information content (AvgIpc) is 2.73. The maximum absolute atomic E-state index is 12.4. The third kappa shape index (κ3) is 5.25. The van der Waals surface area contributed by atoms with Crippen LogP contribution in [0.1, 0.15) is 26.3 Å². The summed E-state index contributed by atoms with van der Waals surface area (Å²) in [6.45, 7) is 0. The van der Waals surface area contributed by atoms with Gasteiger partial charge in [0.05, 0.1) is 7.11 Å². The van der Waals surface area contributed by atoms with Gasteiger partial charge in [0.25, 0.3) is 0 Å². The number of methoxy groups -OCH3 is 1. The maximum Gasteiger partial charge on any atom is 0.347 e. The van der Waals surface area contributed by atoms with Crippen molar-refractivity contribution in [2.45, 2.75) is 0 Å². The molecule has 0 unspecified atom stereocenters. The van der Waals surface area contributed by atoms with E-state index >= 15 is 0 Å². The van der Waals surface area contributed by atoms with E-state index in [4.69, 9.17) is 32.7 Å². The van der Waals surface area contributed by atoms with Crippen LogP contribution in [0, 0.1) is 0 Å². The minimum atomic E-state index is -0.543. The van der Waals surface area contributed by atoms with Crippen LogP contribution in [0.2, 0.25) is 10.0 Å². The van der Waals surface area contributed by atoms with Crippen molar-refractivity contribution in [1.82, 2.24) is 0 Å². The average molecular weight is 427 g/mol. The lowest BCUT2D eigenvalue weighted by Gasteiger charge is -2.08. The zero-order valence-electron chi connectivity index (χ0n) is 15.4. The highest BCUT2D eigenvalue weighted by Crippen LogP contribution is 2.23. The zero-order chi connectivity index (χ0) is 20.8. The molecule has 0 saturated carbocycles. The third-order valence-electron chi connectivity index (χ3n) is 4.05. The Balaban J connectivity index is 1.68. The topological polar surface area (TPSA) is 52.6 Å². The fraction of sp³-hybridized carbons (Fsp3) is 0.0435. The molecule has 0 fully saturated rings. The number of rotatable bonds is 6. The molecule has 0 aliphatic carbocycles. The fourth-order valence-corrected chi connectivity index (χ4v) is 3.03. The Morgan fingerprint density at radius 1 is 0.931 bits per heavy atom. The number of ketones is 1. The number of ether oxygens (including phenoxy) is 2. The Morgan fingerprint density at radius 2 is 1.66 bits per heavy atom. The van der Waals surface area contributed by atoms with Crippen molar-refractivity contribution >= 4 is 41.0 Å². The van der Waals surface area contributed by atoms with Crippen molar-refractivity contribution in [3.05, 3.63) is 99.5 Å². The number of carbonyl (C=O) groups excluding carboxylic acids is 2. The Morgan fingerprint density at radius 3 is 2.34 bits per heavy atom. The number of para-hydroxylation sites is 1. The lowest BCUT2D eigenvalue weighted by Crippen LogP contribution is -2.10. The first-order valence-corrected chi connectivity index (χ1v) is 9.36. The normalized spacial score (nSPS) is 10.7. The molecule has 3 aromatic rings. The van der Waals surface area contributed by atoms with Gasteiger partial charge >= 0.3 is 5.97 Å². The molecule has 4 nitrogen and oxygen atoms in total. The summed E-state index contributed by atoms with van der Waals surface area (Å²) in [6, 6.07) is 18.1. The van der Waals surface area contributed by atoms with Crippen LogP contribution >= 0.6 is 23.2 Å². The molecule has 0 spiro atoms. The van der Waals surface area contributed by atoms with E-state index < -0.39 is 5.97 Å². The number of hydrogen-bond acceptors (Lipinski definition) is 4. The van der Waals surface area contributed by atoms with E-state index in [0.29, 0.717) is 38.2 Å². The maximum atomic E-state index is 12.4. The standard InChI is InChI=1S/C23H16Cl2O4/c1-28-22-5-3-2-4-19(22)23(27)29-18-11-7-16(8-12-18)21(26)13-9-15-6-10-17(24)14-20(15)25/h2-14H,1H3. The van der Waals surface area contributed by atoms with Crippen LogP contribution < -0.4 is 9.47 Å². The number of hydrogen-bond donors (Lipinski definition) is 0. The first-order chi connectivity index (χ1) is 14.0. The number of allylic oxidation sites excluding steroid dienone is 1. The molecule has 146 valence electrons. The molecule has 0 atom stereocenters. The van der Waals surface area contributed by atoms with Crippen molar-refractivity contribution in [2.75, 3.05) is 7.11 Å². The fourth-order valence-electron chi connectivity index (χ4n) is 2.56. The van der Waals surface area contributed by atoms with Crippen molar-refractivity contribution in [2.24, 2.45) is 0 Å². The van der Waals surface area contributed by atoms with E-state index in [0.717, 1.165) is 0 Å². The van der Waals surface area contributed by atoms with Crippen LogP contribution in [-0.2, 0) is 0 Å². The second kappa shape index (κ2) is 9.41. The summed E-state index contributed by atoms with van der Waals surface area (Å²) in [4.78, 5) is 24.7. The van der Waals surface area contributed by atoms with Crippen molar-refractivity contribution in [3.63, 3.8) is 0 Å².